The number of hydrogen-bond acceptors (Lipinski definition) is 3. The first-order chi connectivity index (χ1) is 14.5. The largest absolute Gasteiger partial charge is 0.496 e. The summed E-state index contributed by atoms with van der Waals surface area (Å²) in [4.78, 5) is 27.3. The van der Waals surface area contributed by atoms with Crippen LogP contribution in [0.25, 0.3) is 0 Å². The Balaban J connectivity index is 1.74. The molecule has 0 saturated carbocycles. The summed E-state index contributed by atoms with van der Waals surface area (Å²) in [7, 11) is 3.27. The van der Waals surface area contributed by atoms with Gasteiger partial charge in [-0.15, -0.1) is 0 Å². The normalized spacial score (nSPS) is 10.4. The quantitative estimate of drug-likeness (QED) is 0.471. The van der Waals surface area contributed by atoms with Crippen molar-refractivity contribution in [1.82, 2.24) is 5.32 Å². The Morgan fingerprint density at radius 2 is 1.70 bits per heavy atom. The fourth-order valence-corrected chi connectivity index (χ4v) is 3.86. The Bertz CT molecular complexity index is 1040. The van der Waals surface area contributed by atoms with Gasteiger partial charge in [0.25, 0.3) is 11.8 Å². The van der Waals surface area contributed by atoms with Crippen molar-refractivity contribution in [3.63, 3.8) is 0 Å². The number of amides is 2. The number of nitrogens with zero attached hydrogens (tertiary/aromatic N) is 1. The zero-order valence-electron chi connectivity index (χ0n) is 16.9. The number of anilines is 1. The minimum Gasteiger partial charge on any atom is -0.496 e. The van der Waals surface area contributed by atoms with Crippen LogP contribution in [0.2, 0.25) is 0 Å². The first-order valence-electron chi connectivity index (χ1n) is 9.54. The van der Waals surface area contributed by atoms with Gasteiger partial charge in [-0.05, 0) is 64.9 Å². The van der Waals surface area contributed by atoms with E-state index in [0.29, 0.717) is 29.1 Å². The van der Waals surface area contributed by atoms with Gasteiger partial charge in [0.05, 0.1) is 21.9 Å². The van der Waals surface area contributed by atoms with Crippen LogP contribution >= 0.6 is 22.6 Å². The van der Waals surface area contributed by atoms with Crippen LogP contribution in [0.5, 0.6) is 5.75 Å². The van der Waals surface area contributed by atoms with E-state index in [9.17, 15) is 9.59 Å². The Morgan fingerprint density at radius 3 is 2.40 bits per heavy atom. The van der Waals surface area contributed by atoms with Gasteiger partial charge in [0, 0.05) is 19.2 Å². The number of carbonyl (C=O) groups excluding carboxylic acids is 2. The van der Waals surface area contributed by atoms with E-state index in [2.05, 4.69) is 27.9 Å². The third kappa shape index (κ3) is 5.18. The molecular formula is C24H23IN2O3. The molecule has 2 amide bonds. The maximum absolute atomic E-state index is 13.0. The highest BCUT2D eigenvalue weighted by atomic mass is 127. The lowest BCUT2D eigenvalue weighted by atomic mass is 10.1. The van der Waals surface area contributed by atoms with Crippen LogP contribution in [0, 0.1) is 3.57 Å². The highest BCUT2D eigenvalue weighted by Gasteiger charge is 2.20. The predicted molar refractivity (Wildman–Crippen MR) is 127 cm³/mol. The van der Waals surface area contributed by atoms with Gasteiger partial charge in [-0.1, -0.05) is 42.5 Å². The van der Waals surface area contributed by atoms with Crippen LogP contribution < -0.4 is 15.0 Å². The first-order valence-corrected chi connectivity index (χ1v) is 10.6. The third-order valence-corrected chi connectivity index (χ3v) is 5.60. The average molecular weight is 514 g/mol. The summed E-state index contributed by atoms with van der Waals surface area (Å²) < 4.78 is 6.11. The standard InChI is InChI=1S/C24H23IN2O3/c1-27(24(29)18-12-13-22(30-2)20(25)16-18)21-11-7-6-10-19(21)23(28)26-15-14-17-8-4-3-5-9-17/h3-13,16H,14-15H2,1-2H3,(H,26,28). The summed E-state index contributed by atoms with van der Waals surface area (Å²) in [6.07, 6.45) is 0.744. The summed E-state index contributed by atoms with van der Waals surface area (Å²) in [5, 5.41) is 2.95. The number of methoxy groups -OCH3 is 1. The molecule has 0 aromatic heterocycles. The van der Waals surface area contributed by atoms with E-state index >= 15 is 0 Å². The Labute approximate surface area is 190 Å². The summed E-state index contributed by atoms with van der Waals surface area (Å²) >= 11 is 2.13. The number of carbonyl (C=O) groups is 2. The van der Waals surface area contributed by atoms with E-state index < -0.39 is 0 Å². The maximum Gasteiger partial charge on any atom is 0.258 e. The van der Waals surface area contributed by atoms with Gasteiger partial charge in [-0.25, -0.2) is 0 Å². The van der Waals surface area contributed by atoms with Crippen LogP contribution in [-0.2, 0) is 6.42 Å². The molecule has 6 heteroatoms. The minimum absolute atomic E-state index is 0.194. The second kappa shape index (κ2) is 10.2. The van der Waals surface area contributed by atoms with Crippen molar-refractivity contribution in [2.45, 2.75) is 6.42 Å². The van der Waals surface area contributed by atoms with E-state index in [-0.39, 0.29) is 11.8 Å². The number of halogens is 1. The molecule has 0 aliphatic carbocycles. The molecule has 3 aromatic carbocycles. The monoisotopic (exact) mass is 514 g/mol. The molecule has 0 heterocycles. The third-order valence-electron chi connectivity index (χ3n) is 4.76. The fourth-order valence-electron chi connectivity index (χ4n) is 3.12. The summed E-state index contributed by atoms with van der Waals surface area (Å²) in [6, 6.07) is 22.4. The van der Waals surface area contributed by atoms with Gasteiger partial charge < -0.3 is 15.0 Å². The van der Waals surface area contributed by atoms with Crippen molar-refractivity contribution in [3.8, 4) is 5.75 Å². The van der Waals surface area contributed by atoms with E-state index in [1.165, 1.54) is 4.90 Å². The van der Waals surface area contributed by atoms with Crippen molar-refractivity contribution in [1.29, 1.82) is 0 Å². The van der Waals surface area contributed by atoms with Gasteiger partial charge in [-0.2, -0.15) is 0 Å². The molecule has 0 aliphatic heterocycles. The second-order valence-corrected chi connectivity index (χ2v) is 7.88. The molecule has 5 nitrogen and oxygen atoms in total. The molecule has 3 rings (SSSR count). The molecule has 154 valence electrons. The number of para-hydroxylation sites is 1. The number of rotatable bonds is 7. The molecule has 0 atom stereocenters. The molecule has 0 saturated heterocycles. The first kappa shape index (κ1) is 21.8. The van der Waals surface area contributed by atoms with Crippen molar-refractivity contribution in [3.05, 3.63) is 93.1 Å². The van der Waals surface area contributed by atoms with Crippen LogP contribution in [-0.4, -0.2) is 32.5 Å². The van der Waals surface area contributed by atoms with Gasteiger partial charge in [-0.3, -0.25) is 9.59 Å². The number of benzene rings is 3. The SMILES string of the molecule is COc1ccc(C(=O)N(C)c2ccccc2C(=O)NCCc2ccccc2)cc1I. The lowest BCUT2D eigenvalue weighted by Crippen LogP contribution is -2.31. The average Bonchev–Trinajstić information content (AvgIpc) is 2.78. The Kier molecular flexibility index (Phi) is 7.46. The molecule has 3 aromatic rings. The molecule has 30 heavy (non-hydrogen) atoms. The van der Waals surface area contributed by atoms with E-state index in [0.717, 1.165) is 15.6 Å². The molecule has 0 fully saturated rings. The number of nitrogens with one attached hydrogen (secondary N) is 1. The highest BCUT2D eigenvalue weighted by Crippen LogP contribution is 2.25. The van der Waals surface area contributed by atoms with Crippen LogP contribution in [0.3, 0.4) is 0 Å². The highest BCUT2D eigenvalue weighted by molar-refractivity contribution is 14.1. The van der Waals surface area contributed by atoms with Crippen molar-refractivity contribution >= 4 is 40.1 Å². The molecular weight excluding hydrogens is 491 g/mol. The van der Waals surface area contributed by atoms with E-state index in [4.69, 9.17) is 4.74 Å². The van der Waals surface area contributed by atoms with Crippen LogP contribution in [0.1, 0.15) is 26.3 Å². The molecule has 0 radical (unpaired) electrons. The zero-order valence-corrected chi connectivity index (χ0v) is 19.0. The molecule has 0 aliphatic rings. The topological polar surface area (TPSA) is 58.6 Å². The zero-order chi connectivity index (χ0) is 21.5. The molecule has 0 bridgehead atoms. The van der Waals surface area contributed by atoms with Crippen molar-refractivity contribution in [2.24, 2.45) is 0 Å². The number of hydrogen-bond donors (Lipinski definition) is 1. The van der Waals surface area contributed by atoms with Gasteiger partial charge in [0.15, 0.2) is 0 Å². The minimum atomic E-state index is -0.203. The van der Waals surface area contributed by atoms with Gasteiger partial charge in [0.2, 0.25) is 0 Å². The Morgan fingerprint density at radius 1 is 1.00 bits per heavy atom. The summed E-state index contributed by atoms with van der Waals surface area (Å²) in [6.45, 7) is 0.519. The van der Waals surface area contributed by atoms with Crippen LogP contribution in [0.4, 0.5) is 5.69 Å². The van der Waals surface area contributed by atoms with E-state index in [1.54, 1.807) is 50.6 Å². The number of ether oxygens (including phenoxy) is 1. The Hall–Kier alpha value is -2.87. The van der Waals surface area contributed by atoms with Crippen molar-refractivity contribution < 1.29 is 14.3 Å². The maximum atomic E-state index is 13.0. The predicted octanol–water partition coefficient (Wildman–Crippen LogP) is 4.55. The van der Waals surface area contributed by atoms with E-state index in [1.807, 2.05) is 36.4 Å². The lowest BCUT2D eigenvalue weighted by molar-refractivity contribution is 0.0954. The lowest BCUT2D eigenvalue weighted by Gasteiger charge is -2.21. The molecule has 0 unspecified atom stereocenters. The summed E-state index contributed by atoms with van der Waals surface area (Å²) in [5.41, 5.74) is 2.71. The van der Waals surface area contributed by atoms with Crippen LogP contribution in [0.15, 0.2) is 72.8 Å². The van der Waals surface area contributed by atoms with Gasteiger partial charge >= 0.3 is 0 Å². The fraction of sp³-hybridized carbons (Fsp3) is 0.167. The van der Waals surface area contributed by atoms with Crippen molar-refractivity contribution in [2.75, 3.05) is 25.6 Å². The molecule has 1 N–H and O–H groups in total. The molecule has 0 spiro atoms. The second-order valence-electron chi connectivity index (χ2n) is 6.72. The van der Waals surface area contributed by atoms with Gasteiger partial charge in [0.1, 0.15) is 5.75 Å². The summed E-state index contributed by atoms with van der Waals surface area (Å²) in [5.74, 6) is 0.318. The smallest absolute Gasteiger partial charge is 0.258 e.